The van der Waals surface area contributed by atoms with Gasteiger partial charge in [0.15, 0.2) is 0 Å². The Labute approximate surface area is 153 Å². The fourth-order valence-corrected chi connectivity index (χ4v) is 4.10. The van der Waals surface area contributed by atoms with E-state index in [0.29, 0.717) is 0 Å². The molecule has 0 aromatic heterocycles. The molecular weight excluding hydrogens is 322 g/mol. The summed E-state index contributed by atoms with van der Waals surface area (Å²) in [7, 11) is 0. The summed E-state index contributed by atoms with van der Waals surface area (Å²) >= 11 is 1.90. The molecule has 25 heavy (non-hydrogen) atoms. The van der Waals surface area contributed by atoms with Gasteiger partial charge in [-0.2, -0.15) is 0 Å². The van der Waals surface area contributed by atoms with Crippen LogP contribution in [-0.2, 0) is 6.54 Å². The van der Waals surface area contributed by atoms with Crippen LogP contribution in [0.25, 0.3) is 21.5 Å². The SMILES string of the molecule is c1ccc(SCCNCc2c3ccccc3cc3ccccc23)cc1. The maximum Gasteiger partial charge on any atom is 0.0218 e. The van der Waals surface area contributed by atoms with E-state index < -0.39 is 0 Å². The fourth-order valence-electron chi connectivity index (χ4n) is 3.27. The summed E-state index contributed by atoms with van der Waals surface area (Å²) in [6.07, 6.45) is 0. The number of nitrogens with one attached hydrogen (secondary N) is 1. The topological polar surface area (TPSA) is 12.0 Å². The zero-order chi connectivity index (χ0) is 16.9. The Balaban J connectivity index is 1.50. The largest absolute Gasteiger partial charge is 0.312 e. The van der Waals surface area contributed by atoms with Crippen LogP contribution < -0.4 is 5.32 Å². The molecule has 0 bridgehead atoms. The molecule has 0 heterocycles. The first-order valence-corrected chi connectivity index (χ1v) is 9.68. The summed E-state index contributed by atoms with van der Waals surface area (Å²) in [4.78, 5) is 1.33. The molecule has 4 rings (SSSR count). The van der Waals surface area contributed by atoms with Crippen LogP contribution in [0.5, 0.6) is 0 Å². The van der Waals surface area contributed by atoms with Crippen LogP contribution in [0.15, 0.2) is 89.8 Å². The lowest BCUT2D eigenvalue weighted by molar-refractivity contribution is 0.739. The van der Waals surface area contributed by atoms with Crippen LogP contribution in [0.3, 0.4) is 0 Å². The Hall–Kier alpha value is -2.29. The first kappa shape index (κ1) is 16.2. The van der Waals surface area contributed by atoms with Crippen molar-refractivity contribution in [2.75, 3.05) is 12.3 Å². The minimum Gasteiger partial charge on any atom is -0.312 e. The third-order valence-corrected chi connectivity index (χ3v) is 5.49. The summed E-state index contributed by atoms with van der Waals surface area (Å²) in [6, 6.07) is 30.3. The second kappa shape index (κ2) is 7.73. The zero-order valence-electron chi connectivity index (χ0n) is 14.1. The predicted molar refractivity (Wildman–Crippen MR) is 110 cm³/mol. The van der Waals surface area contributed by atoms with E-state index in [1.54, 1.807) is 0 Å². The Morgan fingerprint density at radius 1 is 0.680 bits per heavy atom. The minimum absolute atomic E-state index is 0.900. The van der Waals surface area contributed by atoms with Crippen LogP contribution in [0.4, 0.5) is 0 Å². The van der Waals surface area contributed by atoms with Crippen molar-refractivity contribution in [1.29, 1.82) is 0 Å². The molecule has 0 fully saturated rings. The number of benzene rings is 4. The second-order valence-electron chi connectivity index (χ2n) is 6.14. The van der Waals surface area contributed by atoms with E-state index in [4.69, 9.17) is 0 Å². The lowest BCUT2D eigenvalue weighted by Gasteiger charge is -2.12. The van der Waals surface area contributed by atoms with Gasteiger partial charge in [0, 0.05) is 23.7 Å². The monoisotopic (exact) mass is 343 g/mol. The van der Waals surface area contributed by atoms with Crippen molar-refractivity contribution >= 4 is 33.3 Å². The highest BCUT2D eigenvalue weighted by Crippen LogP contribution is 2.28. The standard InChI is InChI=1S/C23H21NS/c1-2-10-20(11-3-1)25-15-14-24-17-23-21-12-6-4-8-18(21)16-19-9-5-7-13-22(19)23/h1-13,16,24H,14-15,17H2. The van der Waals surface area contributed by atoms with Crippen molar-refractivity contribution < 1.29 is 0 Å². The molecule has 1 nitrogen and oxygen atoms in total. The molecular formula is C23H21NS. The van der Waals surface area contributed by atoms with Gasteiger partial charge >= 0.3 is 0 Å². The number of thioether (sulfide) groups is 1. The van der Waals surface area contributed by atoms with Gasteiger partial charge in [-0.15, -0.1) is 11.8 Å². The molecule has 0 unspecified atom stereocenters. The lowest BCUT2D eigenvalue weighted by Crippen LogP contribution is -2.17. The van der Waals surface area contributed by atoms with Crippen LogP contribution in [-0.4, -0.2) is 12.3 Å². The average molecular weight is 343 g/mol. The Morgan fingerprint density at radius 3 is 1.96 bits per heavy atom. The third kappa shape index (κ3) is 3.71. The number of fused-ring (bicyclic) bond motifs is 2. The molecule has 0 amide bonds. The molecule has 0 saturated heterocycles. The van der Waals surface area contributed by atoms with Gasteiger partial charge in [0.05, 0.1) is 0 Å². The third-order valence-electron chi connectivity index (χ3n) is 4.48. The molecule has 0 aliphatic carbocycles. The second-order valence-corrected chi connectivity index (χ2v) is 7.30. The predicted octanol–water partition coefficient (Wildman–Crippen LogP) is 5.87. The van der Waals surface area contributed by atoms with E-state index in [0.717, 1.165) is 18.8 Å². The van der Waals surface area contributed by atoms with Gasteiger partial charge < -0.3 is 5.32 Å². The van der Waals surface area contributed by atoms with E-state index in [9.17, 15) is 0 Å². The van der Waals surface area contributed by atoms with Gasteiger partial charge in [0.1, 0.15) is 0 Å². The molecule has 4 aromatic carbocycles. The molecule has 0 atom stereocenters. The maximum absolute atomic E-state index is 3.64. The van der Waals surface area contributed by atoms with Crippen molar-refractivity contribution in [3.63, 3.8) is 0 Å². The molecule has 0 radical (unpaired) electrons. The summed E-state index contributed by atoms with van der Waals surface area (Å²) < 4.78 is 0. The van der Waals surface area contributed by atoms with Crippen molar-refractivity contribution in [2.45, 2.75) is 11.4 Å². The number of hydrogen-bond donors (Lipinski definition) is 1. The fraction of sp³-hybridized carbons (Fsp3) is 0.130. The lowest BCUT2D eigenvalue weighted by atomic mass is 9.97. The van der Waals surface area contributed by atoms with E-state index >= 15 is 0 Å². The molecule has 124 valence electrons. The summed E-state index contributed by atoms with van der Waals surface area (Å²) in [5.74, 6) is 1.08. The minimum atomic E-state index is 0.900. The first-order chi connectivity index (χ1) is 12.4. The van der Waals surface area contributed by atoms with Crippen LogP contribution in [0, 0.1) is 0 Å². The Bertz CT molecular complexity index is 925. The summed E-state index contributed by atoms with van der Waals surface area (Å²) in [5.41, 5.74) is 1.40. The smallest absolute Gasteiger partial charge is 0.0218 e. The van der Waals surface area contributed by atoms with Gasteiger partial charge in [-0.3, -0.25) is 0 Å². The van der Waals surface area contributed by atoms with Gasteiger partial charge in [0.2, 0.25) is 0 Å². The van der Waals surface area contributed by atoms with E-state index in [2.05, 4.69) is 90.2 Å². The maximum atomic E-state index is 3.64. The number of rotatable bonds is 6. The molecule has 4 aromatic rings. The average Bonchev–Trinajstić information content (AvgIpc) is 2.68. The van der Waals surface area contributed by atoms with Gasteiger partial charge in [-0.05, 0) is 45.3 Å². The Morgan fingerprint density at radius 2 is 1.28 bits per heavy atom. The highest BCUT2D eigenvalue weighted by atomic mass is 32.2. The van der Waals surface area contributed by atoms with Crippen molar-refractivity contribution in [3.8, 4) is 0 Å². The molecule has 0 spiro atoms. The van der Waals surface area contributed by atoms with Gasteiger partial charge in [0.25, 0.3) is 0 Å². The van der Waals surface area contributed by atoms with Crippen LogP contribution >= 0.6 is 11.8 Å². The van der Waals surface area contributed by atoms with Gasteiger partial charge in [-0.25, -0.2) is 0 Å². The van der Waals surface area contributed by atoms with Crippen molar-refractivity contribution in [1.82, 2.24) is 5.32 Å². The van der Waals surface area contributed by atoms with E-state index in [1.165, 1.54) is 32.0 Å². The quantitative estimate of drug-likeness (QED) is 0.267. The molecule has 2 heteroatoms. The van der Waals surface area contributed by atoms with Gasteiger partial charge in [-0.1, -0.05) is 66.7 Å². The highest BCUT2D eigenvalue weighted by molar-refractivity contribution is 7.99. The van der Waals surface area contributed by atoms with Crippen molar-refractivity contribution in [3.05, 3.63) is 90.5 Å². The molecule has 1 N–H and O–H groups in total. The molecule has 0 saturated carbocycles. The van der Waals surface area contributed by atoms with Crippen LogP contribution in [0.1, 0.15) is 5.56 Å². The normalized spacial score (nSPS) is 11.2. The van der Waals surface area contributed by atoms with E-state index in [-0.39, 0.29) is 0 Å². The molecule has 0 aliphatic rings. The highest BCUT2D eigenvalue weighted by Gasteiger charge is 2.06. The molecule has 0 aliphatic heterocycles. The summed E-state index contributed by atoms with van der Waals surface area (Å²) in [6.45, 7) is 1.90. The number of hydrogen-bond acceptors (Lipinski definition) is 2. The summed E-state index contributed by atoms with van der Waals surface area (Å²) in [5, 5.41) is 8.97. The zero-order valence-corrected chi connectivity index (χ0v) is 14.9. The Kier molecular flexibility index (Phi) is 5.01. The first-order valence-electron chi connectivity index (χ1n) is 8.70. The van der Waals surface area contributed by atoms with Crippen LogP contribution in [0.2, 0.25) is 0 Å². The van der Waals surface area contributed by atoms with E-state index in [1.807, 2.05) is 11.8 Å². The van der Waals surface area contributed by atoms with Crippen molar-refractivity contribution in [2.24, 2.45) is 0 Å².